The van der Waals surface area contributed by atoms with Crippen LogP contribution in [0.25, 0.3) is 11.6 Å². The monoisotopic (exact) mass is 370 g/mol. The molecule has 0 bridgehead atoms. The zero-order valence-corrected chi connectivity index (χ0v) is 14.3. The molecule has 1 aromatic carbocycles. The van der Waals surface area contributed by atoms with Gasteiger partial charge in [0.2, 0.25) is 11.8 Å². The van der Waals surface area contributed by atoms with Crippen LogP contribution in [-0.4, -0.2) is 38.3 Å². The van der Waals surface area contributed by atoms with E-state index in [0.29, 0.717) is 11.4 Å². The average molecular weight is 370 g/mol. The van der Waals surface area contributed by atoms with Crippen LogP contribution in [0.2, 0.25) is 0 Å². The third-order valence-corrected chi connectivity index (χ3v) is 4.22. The number of amides is 2. The molecule has 1 fully saturated rings. The Morgan fingerprint density at radius 2 is 2.04 bits per heavy atom. The smallest absolute Gasteiger partial charge is 0.322 e. The maximum Gasteiger partial charge on any atom is 0.322 e. The van der Waals surface area contributed by atoms with Gasteiger partial charge in [-0.25, -0.2) is 4.39 Å². The van der Waals surface area contributed by atoms with Crippen molar-refractivity contribution in [3.8, 4) is 11.6 Å². The fourth-order valence-corrected chi connectivity index (χ4v) is 2.87. The SMILES string of the molecule is Cn1ccc(-c2nnc(NC(=O)C3CC(=O)N(c4ccc(F)cc4)C3)o2)n1. The Balaban J connectivity index is 1.42. The first-order chi connectivity index (χ1) is 13.0. The lowest BCUT2D eigenvalue weighted by atomic mass is 10.1. The molecule has 138 valence electrons. The highest BCUT2D eigenvalue weighted by atomic mass is 19.1. The molecule has 0 saturated carbocycles. The number of benzene rings is 1. The topological polar surface area (TPSA) is 106 Å². The average Bonchev–Trinajstić information content (AvgIpc) is 3.36. The number of halogens is 1. The number of hydrogen-bond acceptors (Lipinski definition) is 6. The number of carbonyl (C=O) groups is 2. The van der Waals surface area contributed by atoms with Gasteiger partial charge in [-0.05, 0) is 30.3 Å². The number of nitrogens with zero attached hydrogens (tertiary/aromatic N) is 5. The third-order valence-electron chi connectivity index (χ3n) is 4.22. The lowest BCUT2D eigenvalue weighted by Crippen LogP contribution is -2.28. The van der Waals surface area contributed by atoms with Crippen LogP contribution in [0.4, 0.5) is 16.1 Å². The first-order valence-electron chi connectivity index (χ1n) is 8.20. The van der Waals surface area contributed by atoms with Crippen molar-refractivity contribution < 1.29 is 18.4 Å². The Labute approximate surface area is 152 Å². The largest absolute Gasteiger partial charge is 0.401 e. The summed E-state index contributed by atoms with van der Waals surface area (Å²) >= 11 is 0. The number of aromatic nitrogens is 4. The Hall–Kier alpha value is -3.56. The Morgan fingerprint density at radius 3 is 2.74 bits per heavy atom. The van der Waals surface area contributed by atoms with Crippen LogP contribution in [-0.2, 0) is 16.6 Å². The van der Waals surface area contributed by atoms with Crippen LogP contribution < -0.4 is 10.2 Å². The second-order valence-corrected chi connectivity index (χ2v) is 6.16. The number of hydrogen-bond donors (Lipinski definition) is 1. The fourth-order valence-electron chi connectivity index (χ4n) is 2.87. The summed E-state index contributed by atoms with van der Waals surface area (Å²) < 4.78 is 20.0. The van der Waals surface area contributed by atoms with E-state index in [1.807, 2.05) is 0 Å². The highest BCUT2D eigenvalue weighted by Crippen LogP contribution is 2.26. The molecule has 1 atom stereocenters. The molecule has 0 spiro atoms. The van der Waals surface area contributed by atoms with Gasteiger partial charge < -0.3 is 9.32 Å². The summed E-state index contributed by atoms with van der Waals surface area (Å²) in [7, 11) is 1.76. The zero-order valence-electron chi connectivity index (χ0n) is 14.3. The molecule has 2 aromatic heterocycles. The van der Waals surface area contributed by atoms with Crippen molar-refractivity contribution in [2.45, 2.75) is 6.42 Å². The summed E-state index contributed by atoms with van der Waals surface area (Å²) in [5.74, 6) is -1.39. The summed E-state index contributed by atoms with van der Waals surface area (Å²) in [6, 6.07) is 7.19. The molecule has 3 heterocycles. The predicted octanol–water partition coefficient (Wildman–Crippen LogP) is 1.60. The highest BCUT2D eigenvalue weighted by molar-refractivity contribution is 6.02. The van der Waals surface area contributed by atoms with Crippen LogP contribution in [0.3, 0.4) is 0 Å². The van der Waals surface area contributed by atoms with Crippen molar-refractivity contribution in [1.29, 1.82) is 0 Å². The second-order valence-electron chi connectivity index (χ2n) is 6.16. The Morgan fingerprint density at radius 1 is 1.26 bits per heavy atom. The van der Waals surface area contributed by atoms with Gasteiger partial charge in [0.05, 0.1) is 5.92 Å². The standard InChI is InChI=1S/C17H15FN6O3/c1-23-7-6-13(22-23)16-20-21-17(27-16)19-15(26)10-8-14(25)24(9-10)12-4-2-11(18)3-5-12/h2-7,10H,8-9H2,1H3,(H,19,21,26). The molecule has 3 aromatic rings. The summed E-state index contributed by atoms with van der Waals surface area (Å²) in [6.45, 7) is 0.192. The molecule has 0 aliphatic carbocycles. The molecule has 1 N–H and O–H groups in total. The molecular formula is C17H15FN6O3. The first kappa shape index (κ1) is 16.9. The molecule has 1 aliphatic rings. The van der Waals surface area contributed by atoms with Crippen LogP contribution in [0, 0.1) is 11.7 Å². The number of carbonyl (C=O) groups excluding carboxylic acids is 2. The first-order valence-corrected chi connectivity index (χ1v) is 8.20. The molecule has 0 radical (unpaired) electrons. The lowest BCUT2D eigenvalue weighted by molar-refractivity contribution is -0.122. The van der Waals surface area contributed by atoms with Gasteiger partial charge >= 0.3 is 6.01 Å². The van der Waals surface area contributed by atoms with Crippen molar-refractivity contribution in [2.75, 3.05) is 16.8 Å². The van der Waals surface area contributed by atoms with E-state index in [2.05, 4.69) is 20.6 Å². The summed E-state index contributed by atoms with van der Waals surface area (Å²) in [5.41, 5.74) is 1.04. The molecule has 9 nitrogen and oxygen atoms in total. The number of nitrogens with one attached hydrogen (secondary N) is 1. The van der Waals surface area contributed by atoms with E-state index in [9.17, 15) is 14.0 Å². The number of anilines is 2. The highest BCUT2D eigenvalue weighted by Gasteiger charge is 2.35. The van der Waals surface area contributed by atoms with E-state index in [1.165, 1.54) is 29.2 Å². The Kier molecular flexibility index (Phi) is 4.15. The summed E-state index contributed by atoms with van der Waals surface area (Å²) in [6.07, 6.45) is 1.77. The van der Waals surface area contributed by atoms with E-state index >= 15 is 0 Å². The van der Waals surface area contributed by atoms with Crippen LogP contribution in [0.5, 0.6) is 0 Å². The molecule has 2 amide bonds. The third kappa shape index (κ3) is 3.41. The van der Waals surface area contributed by atoms with Crippen molar-refractivity contribution in [1.82, 2.24) is 20.0 Å². The van der Waals surface area contributed by atoms with Gasteiger partial charge in [-0.2, -0.15) is 5.10 Å². The van der Waals surface area contributed by atoms with E-state index in [0.717, 1.165) is 0 Å². The number of aryl methyl sites for hydroxylation is 1. The zero-order chi connectivity index (χ0) is 19.0. The lowest BCUT2D eigenvalue weighted by Gasteiger charge is -2.16. The molecule has 1 aliphatic heterocycles. The fraction of sp³-hybridized carbons (Fsp3) is 0.235. The van der Waals surface area contributed by atoms with E-state index in [1.54, 1.807) is 24.0 Å². The van der Waals surface area contributed by atoms with Crippen LogP contribution in [0.15, 0.2) is 40.9 Å². The number of rotatable bonds is 4. The molecule has 1 unspecified atom stereocenters. The summed E-state index contributed by atoms with van der Waals surface area (Å²) in [5, 5.41) is 14.3. The van der Waals surface area contributed by atoms with Crippen molar-refractivity contribution in [3.05, 3.63) is 42.3 Å². The minimum absolute atomic E-state index is 0.0461. The molecular weight excluding hydrogens is 355 g/mol. The van der Waals surface area contributed by atoms with Crippen molar-refractivity contribution in [3.63, 3.8) is 0 Å². The quantitative estimate of drug-likeness (QED) is 0.748. The van der Waals surface area contributed by atoms with E-state index < -0.39 is 11.8 Å². The van der Waals surface area contributed by atoms with E-state index in [-0.39, 0.29) is 36.6 Å². The molecule has 10 heteroatoms. The van der Waals surface area contributed by atoms with Crippen LogP contribution >= 0.6 is 0 Å². The summed E-state index contributed by atoms with van der Waals surface area (Å²) in [4.78, 5) is 26.1. The predicted molar refractivity (Wildman–Crippen MR) is 92.0 cm³/mol. The van der Waals surface area contributed by atoms with Gasteiger partial charge in [0, 0.05) is 31.9 Å². The van der Waals surface area contributed by atoms with Gasteiger partial charge in [0.25, 0.3) is 5.89 Å². The van der Waals surface area contributed by atoms with Crippen molar-refractivity contribution in [2.24, 2.45) is 13.0 Å². The second kappa shape index (κ2) is 6.63. The van der Waals surface area contributed by atoms with Crippen molar-refractivity contribution >= 4 is 23.5 Å². The maximum absolute atomic E-state index is 13.0. The molecule has 4 rings (SSSR count). The maximum atomic E-state index is 13.0. The van der Waals surface area contributed by atoms with Gasteiger partial charge in [-0.3, -0.25) is 19.6 Å². The van der Waals surface area contributed by atoms with Gasteiger partial charge in [0.1, 0.15) is 11.5 Å². The van der Waals surface area contributed by atoms with Gasteiger partial charge in [-0.1, -0.05) is 5.10 Å². The van der Waals surface area contributed by atoms with Gasteiger partial charge in [-0.15, -0.1) is 5.10 Å². The minimum atomic E-state index is -0.576. The van der Waals surface area contributed by atoms with Crippen LogP contribution in [0.1, 0.15) is 6.42 Å². The molecule has 1 saturated heterocycles. The van der Waals surface area contributed by atoms with E-state index in [4.69, 9.17) is 4.42 Å². The van der Waals surface area contributed by atoms with Gasteiger partial charge in [0.15, 0.2) is 0 Å². The Bertz CT molecular complexity index is 996. The molecule has 27 heavy (non-hydrogen) atoms. The normalized spacial score (nSPS) is 16.7. The minimum Gasteiger partial charge on any atom is -0.401 e.